The number of benzene rings is 1. The Morgan fingerprint density at radius 3 is 2.68 bits per heavy atom. The van der Waals surface area contributed by atoms with Crippen molar-refractivity contribution in [3.8, 4) is 11.5 Å². The highest BCUT2D eigenvalue weighted by atomic mass is 79.9. The molecule has 1 N–H and O–H groups in total. The molecule has 1 aromatic carbocycles. The number of aromatic nitrogens is 3. The number of halogens is 1. The van der Waals surface area contributed by atoms with Crippen molar-refractivity contribution in [3.05, 3.63) is 32.8 Å². The summed E-state index contributed by atoms with van der Waals surface area (Å²) in [7, 11) is 3.18. The van der Waals surface area contributed by atoms with E-state index >= 15 is 0 Å². The minimum atomic E-state index is 0.210. The monoisotopic (exact) mass is 384 g/mol. The number of hydrogen-bond donors (Lipinski definition) is 1. The average molecular weight is 385 g/mol. The van der Waals surface area contributed by atoms with Gasteiger partial charge in [0.25, 0.3) is 0 Å². The molecule has 0 bridgehead atoms. The minimum absolute atomic E-state index is 0.210. The third-order valence-corrected chi connectivity index (χ3v) is 3.82. The van der Waals surface area contributed by atoms with Crippen molar-refractivity contribution in [1.82, 2.24) is 14.9 Å². The summed E-state index contributed by atoms with van der Waals surface area (Å²) in [6, 6.07) is 3.73. The van der Waals surface area contributed by atoms with E-state index in [0.717, 1.165) is 15.9 Å². The standard InChI is InChI=1S/C14H17BrN4O2S/c1-8(2)13-17-18-14(22)19(13)16-7-9-5-10(15)12(21-4)11(6-9)20-3/h5-8H,1-4H3,(H,18,22)/b16-7-. The third-order valence-electron chi connectivity index (χ3n) is 2.97. The molecule has 2 rings (SSSR count). The summed E-state index contributed by atoms with van der Waals surface area (Å²) in [5.41, 5.74) is 0.849. The van der Waals surface area contributed by atoms with Crippen LogP contribution in [0.5, 0.6) is 11.5 Å². The summed E-state index contributed by atoms with van der Waals surface area (Å²) in [6.45, 7) is 4.06. The molecule has 118 valence electrons. The Hall–Kier alpha value is -1.67. The summed E-state index contributed by atoms with van der Waals surface area (Å²) >= 11 is 8.66. The highest BCUT2D eigenvalue weighted by molar-refractivity contribution is 9.10. The maximum Gasteiger partial charge on any atom is 0.216 e. The summed E-state index contributed by atoms with van der Waals surface area (Å²) in [4.78, 5) is 0. The van der Waals surface area contributed by atoms with E-state index < -0.39 is 0 Å². The van der Waals surface area contributed by atoms with Gasteiger partial charge in [0, 0.05) is 5.92 Å². The second-order valence-electron chi connectivity index (χ2n) is 4.84. The molecular weight excluding hydrogens is 368 g/mol. The number of hydrogen-bond acceptors (Lipinski definition) is 5. The van der Waals surface area contributed by atoms with Crippen molar-refractivity contribution in [2.45, 2.75) is 19.8 Å². The largest absolute Gasteiger partial charge is 0.493 e. The van der Waals surface area contributed by atoms with E-state index in [1.54, 1.807) is 25.1 Å². The van der Waals surface area contributed by atoms with Crippen molar-refractivity contribution in [2.24, 2.45) is 5.10 Å². The smallest absolute Gasteiger partial charge is 0.216 e. The number of nitrogens with zero attached hydrogens (tertiary/aromatic N) is 3. The predicted molar refractivity (Wildman–Crippen MR) is 91.7 cm³/mol. The fourth-order valence-electron chi connectivity index (χ4n) is 1.93. The van der Waals surface area contributed by atoms with Gasteiger partial charge >= 0.3 is 0 Å². The molecule has 0 radical (unpaired) electrons. The molecule has 0 aliphatic heterocycles. The second-order valence-corrected chi connectivity index (χ2v) is 6.08. The zero-order valence-corrected chi connectivity index (χ0v) is 15.2. The third kappa shape index (κ3) is 3.38. The zero-order chi connectivity index (χ0) is 16.3. The normalized spacial score (nSPS) is 11.4. The van der Waals surface area contributed by atoms with Crippen LogP contribution in [0.3, 0.4) is 0 Å². The molecule has 6 nitrogen and oxygen atoms in total. The van der Waals surface area contributed by atoms with Crippen LogP contribution in [-0.2, 0) is 0 Å². The van der Waals surface area contributed by atoms with Crippen molar-refractivity contribution in [3.63, 3.8) is 0 Å². The van der Waals surface area contributed by atoms with Crippen molar-refractivity contribution in [2.75, 3.05) is 14.2 Å². The summed E-state index contributed by atoms with van der Waals surface area (Å²) in [5.74, 6) is 2.25. The number of methoxy groups -OCH3 is 2. The lowest BCUT2D eigenvalue weighted by Crippen LogP contribution is -2.01. The molecule has 0 saturated heterocycles. The van der Waals surface area contributed by atoms with E-state index in [1.165, 1.54) is 0 Å². The minimum Gasteiger partial charge on any atom is -0.493 e. The molecule has 0 saturated carbocycles. The van der Waals surface area contributed by atoms with Gasteiger partial charge in [-0.25, -0.2) is 0 Å². The van der Waals surface area contributed by atoms with Gasteiger partial charge in [-0.05, 0) is 45.8 Å². The van der Waals surface area contributed by atoms with Crippen LogP contribution in [0.2, 0.25) is 0 Å². The molecular formula is C14H17BrN4O2S. The molecule has 2 aromatic rings. The number of nitrogens with one attached hydrogen (secondary N) is 1. The summed E-state index contributed by atoms with van der Waals surface area (Å²) in [6.07, 6.45) is 1.70. The number of aromatic amines is 1. The van der Waals surface area contributed by atoms with E-state index in [0.29, 0.717) is 16.3 Å². The van der Waals surface area contributed by atoms with Gasteiger partial charge in [0.1, 0.15) is 0 Å². The van der Waals surface area contributed by atoms with Gasteiger partial charge in [-0.3, -0.25) is 5.10 Å². The Kier molecular flexibility index (Phi) is 5.36. The van der Waals surface area contributed by atoms with Crippen LogP contribution in [0, 0.1) is 4.77 Å². The van der Waals surface area contributed by atoms with E-state index in [4.69, 9.17) is 21.7 Å². The van der Waals surface area contributed by atoms with Gasteiger partial charge in [-0.1, -0.05) is 13.8 Å². The molecule has 22 heavy (non-hydrogen) atoms. The van der Waals surface area contributed by atoms with E-state index in [-0.39, 0.29) is 5.92 Å². The van der Waals surface area contributed by atoms with Crippen LogP contribution in [0.15, 0.2) is 21.7 Å². The number of rotatable bonds is 5. The Labute approximate surface area is 142 Å². The van der Waals surface area contributed by atoms with E-state index in [1.807, 2.05) is 26.0 Å². The van der Waals surface area contributed by atoms with E-state index in [9.17, 15) is 0 Å². The fourth-order valence-corrected chi connectivity index (χ4v) is 2.73. The molecule has 0 aliphatic carbocycles. The van der Waals surface area contributed by atoms with Crippen LogP contribution >= 0.6 is 28.1 Å². The quantitative estimate of drug-likeness (QED) is 0.629. The van der Waals surface area contributed by atoms with Crippen LogP contribution in [-0.4, -0.2) is 35.3 Å². The molecule has 0 spiro atoms. The Morgan fingerprint density at radius 2 is 2.09 bits per heavy atom. The van der Waals surface area contributed by atoms with E-state index in [2.05, 4.69) is 31.2 Å². The van der Waals surface area contributed by atoms with Crippen molar-refractivity contribution >= 4 is 34.4 Å². The Bertz CT molecular complexity index is 752. The van der Waals surface area contributed by atoms with Crippen LogP contribution < -0.4 is 9.47 Å². The van der Waals surface area contributed by atoms with Crippen LogP contribution in [0.1, 0.15) is 31.2 Å². The summed E-state index contributed by atoms with van der Waals surface area (Å²) in [5, 5.41) is 11.3. The first-order valence-corrected chi connectivity index (χ1v) is 7.81. The first kappa shape index (κ1) is 16.7. The molecule has 8 heteroatoms. The van der Waals surface area contributed by atoms with Crippen molar-refractivity contribution in [1.29, 1.82) is 0 Å². The van der Waals surface area contributed by atoms with Gasteiger partial charge in [0.2, 0.25) is 4.77 Å². The van der Waals surface area contributed by atoms with Gasteiger partial charge in [-0.2, -0.15) is 14.9 Å². The maximum absolute atomic E-state index is 5.32. The molecule has 0 aliphatic rings. The average Bonchev–Trinajstić information content (AvgIpc) is 2.85. The topological polar surface area (TPSA) is 64.4 Å². The van der Waals surface area contributed by atoms with Gasteiger partial charge in [0.15, 0.2) is 17.3 Å². The molecule has 0 amide bonds. The first-order valence-electron chi connectivity index (χ1n) is 6.61. The molecule has 1 aromatic heterocycles. The highest BCUT2D eigenvalue weighted by Gasteiger charge is 2.11. The molecule has 1 heterocycles. The summed E-state index contributed by atoms with van der Waals surface area (Å²) < 4.78 is 13.5. The molecule has 0 atom stereocenters. The lowest BCUT2D eigenvalue weighted by Gasteiger charge is -2.10. The lowest BCUT2D eigenvalue weighted by atomic mass is 10.2. The first-order chi connectivity index (χ1) is 10.5. The maximum atomic E-state index is 5.32. The Morgan fingerprint density at radius 1 is 1.36 bits per heavy atom. The van der Waals surface area contributed by atoms with Gasteiger partial charge in [-0.15, -0.1) is 0 Å². The van der Waals surface area contributed by atoms with Crippen LogP contribution in [0.4, 0.5) is 0 Å². The fraction of sp³-hybridized carbons (Fsp3) is 0.357. The lowest BCUT2D eigenvalue weighted by molar-refractivity contribution is 0.353. The molecule has 0 unspecified atom stereocenters. The molecule has 0 fully saturated rings. The highest BCUT2D eigenvalue weighted by Crippen LogP contribution is 2.35. The van der Waals surface area contributed by atoms with Gasteiger partial charge < -0.3 is 9.47 Å². The second kappa shape index (κ2) is 7.06. The Balaban J connectivity index is 2.41. The van der Waals surface area contributed by atoms with Gasteiger partial charge in [0.05, 0.1) is 24.9 Å². The van der Waals surface area contributed by atoms with Crippen LogP contribution in [0.25, 0.3) is 0 Å². The SMILES string of the molecule is COc1cc(/C=N\n2c(C(C)C)n[nH]c2=S)cc(Br)c1OC. The zero-order valence-electron chi connectivity index (χ0n) is 12.8. The number of ether oxygens (including phenoxy) is 2. The predicted octanol–water partition coefficient (Wildman–Crippen LogP) is 3.73. The number of H-pyrrole nitrogens is 1. The van der Waals surface area contributed by atoms with Crippen molar-refractivity contribution < 1.29 is 9.47 Å².